The van der Waals surface area contributed by atoms with Crippen molar-refractivity contribution in [3.05, 3.63) is 57.9 Å². The first-order valence-electron chi connectivity index (χ1n) is 13.3. The molecule has 3 N–H and O–H groups in total. The SMILES string of the molecule is CC1(C)CC(=O)C2=C(C1)Nc1ccccc1N(CC(=O)NC1CC(C)(C)NC(C)(C)C1)C2c1cccs1. The number of allylic oxidation sites excluding steroid dienone is 1. The van der Waals surface area contributed by atoms with Crippen LogP contribution in [-0.2, 0) is 9.59 Å². The van der Waals surface area contributed by atoms with Gasteiger partial charge in [-0.2, -0.15) is 0 Å². The molecule has 37 heavy (non-hydrogen) atoms. The van der Waals surface area contributed by atoms with Crippen LogP contribution in [0.25, 0.3) is 0 Å². The number of benzene rings is 1. The highest BCUT2D eigenvalue weighted by Crippen LogP contribution is 2.48. The number of carbonyl (C=O) groups excluding carboxylic acids is 2. The average molecular weight is 521 g/mol. The number of carbonyl (C=O) groups is 2. The molecule has 6 nitrogen and oxygen atoms in total. The maximum absolute atomic E-state index is 13.7. The van der Waals surface area contributed by atoms with Gasteiger partial charge in [-0.1, -0.05) is 32.0 Å². The van der Waals surface area contributed by atoms with Crippen molar-refractivity contribution in [2.45, 2.75) is 90.4 Å². The average Bonchev–Trinajstić information content (AvgIpc) is 3.22. The number of rotatable bonds is 4. The van der Waals surface area contributed by atoms with Crippen LogP contribution in [0.2, 0.25) is 0 Å². The smallest absolute Gasteiger partial charge is 0.239 e. The number of fused-ring (bicyclic) bond motifs is 1. The highest BCUT2D eigenvalue weighted by atomic mass is 32.1. The van der Waals surface area contributed by atoms with Gasteiger partial charge < -0.3 is 20.9 Å². The van der Waals surface area contributed by atoms with Gasteiger partial charge in [0.05, 0.1) is 24.0 Å². The number of nitrogens with zero attached hydrogens (tertiary/aromatic N) is 1. The van der Waals surface area contributed by atoms with Crippen LogP contribution in [0.1, 0.15) is 78.1 Å². The predicted octanol–water partition coefficient (Wildman–Crippen LogP) is 5.79. The number of hydrogen-bond acceptors (Lipinski definition) is 6. The summed E-state index contributed by atoms with van der Waals surface area (Å²) in [5, 5.41) is 12.7. The Morgan fingerprint density at radius 2 is 1.73 bits per heavy atom. The maximum Gasteiger partial charge on any atom is 0.239 e. The second-order valence-electron chi connectivity index (χ2n) is 13.1. The second-order valence-corrected chi connectivity index (χ2v) is 14.1. The molecule has 198 valence electrons. The number of anilines is 2. The molecule has 0 saturated carbocycles. The predicted molar refractivity (Wildman–Crippen MR) is 152 cm³/mol. The molecule has 1 fully saturated rings. The van der Waals surface area contributed by atoms with Gasteiger partial charge in [0.15, 0.2) is 5.78 Å². The Balaban J connectivity index is 1.52. The van der Waals surface area contributed by atoms with Gasteiger partial charge in [0.1, 0.15) is 0 Å². The fourth-order valence-corrected chi connectivity index (χ4v) is 7.67. The van der Waals surface area contributed by atoms with Gasteiger partial charge in [0.2, 0.25) is 5.91 Å². The van der Waals surface area contributed by atoms with Crippen LogP contribution in [0.4, 0.5) is 11.4 Å². The largest absolute Gasteiger partial charge is 0.357 e. The van der Waals surface area contributed by atoms with Crippen molar-refractivity contribution < 1.29 is 9.59 Å². The summed E-state index contributed by atoms with van der Waals surface area (Å²) in [6.45, 7) is 13.3. The fourth-order valence-electron chi connectivity index (χ4n) is 6.82. The summed E-state index contributed by atoms with van der Waals surface area (Å²) in [5.41, 5.74) is 3.45. The van der Waals surface area contributed by atoms with Crippen molar-refractivity contribution in [2.24, 2.45) is 5.41 Å². The van der Waals surface area contributed by atoms with E-state index in [-0.39, 0.29) is 46.8 Å². The number of nitrogens with one attached hydrogen (secondary N) is 3. The van der Waals surface area contributed by atoms with E-state index in [1.165, 1.54) is 0 Å². The van der Waals surface area contributed by atoms with E-state index in [2.05, 4.69) is 79.9 Å². The van der Waals surface area contributed by atoms with E-state index < -0.39 is 0 Å². The molecule has 1 aromatic carbocycles. The number of para-hydroxylation sites is 2. The summed E-state index contributed by atoms with van der Waals surface area (Å²) < 4.78 is 0. The van der Waals surface area contributed by atoms with Gasteiger partial charge >= 0.3 is 0 Å². The van der Waals surface area contributed by atoms with Gasteiger partial charge in [-0.15, -0.1) is 11.3 Å². The van der Waals surface area contributed by atoms with Crippen molar-refractivity contribution in [1.82, 2.24) is 10.6 Å². The van der Waals surface area contributed by atoms with Crippen LogP contribution in [-0.4, -0.2) is 35.4 Å². The lowest BCUT2D eigenvalue weighted by Gasteiger charge is -2.46. The minimum atomic E-state index is -0.304. The summed E-state index contributed by atoms with van der Waals surface area (Å²) in [7, 11) is 0. The first kappa shape index (κ1) is 26.0. The standard InChI is InChI=1S/C30H40N4O2S/c1-28(2)16-21-26(23(35)17-28)27(24-12-9-13-37-24)34(22-11-8-7-10-20(22)32-21)18-25(36)31-19-14-29(3,4)33-30(5,6)15-19/h7-13,19,27,32-33H,14-18H2,1-6H3,(H,31,36). The zero-order chi connectivity index (χ0) is 26.6. The van der Waals surface area contributed by atoms with Crippen molar-refractivity contribution in [3.8, 4) is 0 Å². The lowest BCUT2D eigenvalue weighted by atomic mass is 9.74. The quantitative estimate of drug-likeness (QED) is 0.476. The molecule has 2 aromatic rings. The molecule has 1 unspecified atom stereocenters. The van der Waals surface area contributed by atoms with E-state index in [9.17, 15) is 9.59 Å². The third-order valence-corrected chi connectivity index (χ3v) is 8.61. The summed E-state index contributed by atoms with van der Waals surface area (Å²) >= 11 is 1.64. The van der Waals surface area contributed by atoms with E-state index in [1.54, 1.807) is 11.3 Å². The Bertz CT molecular complexity index is 1210. The fraction of sp³-hybridized carbons (Fsp3) is 0.533. The van der Waals surface area contributed by atoms with Crippen LogP contribution >= 0.6 is 11.3 Å². The lowest BCUT2D eigenvalue weighted by Crippen LogP contribution is -2.62. The van der Waals surface area contributed by atoms with Crippen LogP contribution in [0, 0.1) is 5.41 Å². The topological polar surface area (TPSA) is 73.5 Å². The monoisotopic (exact) mass is 520 g/mol. The van der Waals surface area contributed by atoms with E-state index in [4.69, 9.17) is 0 Å². The van der Waals surface area contributed by atoms with Gasteiger partial charge in [0.25, 0.3) is 0 Å². The molecule has 1 amide bonds. The van der Waals surface area contributed by atoms with Crippen molar-refractivity contribution in [1.29, 1.82) is 0 Å². The Morgan fingerprint density at radius 3 is 2.41 bits per heavy atom. The molecule has 2 aliphatic heterocycles. The Labute approximate surface area is 224 Å². The third kappa shape index (κ3) is 5.48. The minimum Gasteiger partial charge on any atom is -0.357 e. The highest BCUT2D eigenvalue weighted by molar-refractivity contribution is 7.10. The Kier molecular flexibility index (Phi) is 6.52. The normalized spacial score (nSPS) is 24.5. The zero-order valence-corrected chi connectivity index (χ0v) is 23.7. The second kappa shape index (κ2) is 9.28. The Morgan fingerprint density at radius 1 is 1.03 bits per heavy atom. The van der Waals surface area contributed by atoms with Gasteiger partial charge in [-0.25, -0.2) is 0 Å². The van der Waals surface area contributed by atoms with E-state index in [1.807, 2.05) is 24.3 Å². The van der Waals surface area contributed by atoms with Crippen molar-refractivity contribution in [2.75, 3.05) is 16.8 Å². The van der Waals surface area contributed by atoms with Crippen molar-refractivity contribution in [3.63, 3.8) is 0 Å². The number of thiophene rings is 1. The van der Waals surface area contributed by atoms with Crippen LogP contribution in [0.15, 0.2) is 53.0 Å². The molecule has 0 radical (unpaired) electrons. The number of amides is 1. The van der Waals surface area contributed by atoms with Crippen LogP contribution < -0.4 is 20.9 Å². The summed E-state index contributed by atoms with van der Waals surface area (Å²) in [6.07, 6.45) is 3.05. The van der Waals surface area contributed by atoms with E-state index in [0.29, 0.717) is 6.42 Å². The molecule has 1 aromatic heterocycles. The van der Waals surface area contributed by atoms with Gasteiger partial charge in [0, 0.05) is 39.7 Å². The number of piperidine rings is 1. The first-order chi connectivity index (χ1) is 17.3. The number of Topliss-reactive ketones (excluding diaryl/α,β-unsaturated/α-hetero) is 1. The zero-order valence-electron chi connectivity index (χ0n) is 22.9. The third-order valence-electron chi connectivity index (χ3n) is 7.69. The highest BCUT2D eigenvalue weighted by Gasteiger charge is 2.43. The molecule has 0 bridgehead atoms. The maximum atomic E-state index is 13.7. The van der Waals surface area contributed by atoms with E-state index in [0.717, 1.165) is 46.8 Å². The summed E-state index contributed by atoms with van der Waals surface area (Å²) in [5.74, 6) is 0.153. The van der Waals surface area contributed by atoms with Gasteiger partial charge in [-0.3, -0.25) is 9.59 Å². The molecule has 3 aliphatic rings. The first-order valence-corrected chi connectivity index (χ1v) is 14.2. The summed E-state index contributed by atoms with van der Waals surface area (Å²) in [4.78, 5) is 30.6. The minimum absolute atomic E-state index is 0.0116. The van der Waals surface area contributed by atoms with Crippen LogP contribution in [0.3, 0.4) is 0 Å². The molecular formula is C30H40N4O2S. The van der Waals surface area contributed by atoms with Crippen LogP contribution in [0.5, 0.6) is 0 Å². The van der Waals surface area contributed by atoms with Gasteiger partial charge in [-0.05, 0) is 76.0 Å². The summed E-state index contributed by atoms with van der Waals surface area (Å²) in [6, 6.07) is 12.0. The molecule has 3 heterocycles. The molecule has 7 heteroatoms. The molecule has 1 atom stereocenters. The number of ketones is 1. The number of hydrogen-bond donors (Lipinski definition) is 3. The Hall–Kier alpha value is -2.64. The lowest BCUT2D eigenvalue weighted by molar-refractivity contribution is -0.121. The molecular weight excluding hydrogens is 480 g/mol. The van der Waals surface area contributed by atoms with E-state index >= 15 is 0 Å². The molecule has 0 spiro atoms. The van der Waals surface area contributed by atoms with Crippen molar-refractivity contribution >= 4 is 34.4 Å². The molecule has 1 aliphatic carbocycles. The molecule has 5 rings (SSSR count). The molecule has 1 saturated heterocycles.